The summed E-state index contributed by atoms with van der Waals surface area (Å²) in [5.41, 5.74) is 6.88. The van der Waals surface area contributed by atoms with Crippen molar-refractivity contribution in [2.75, 3.05) is 11.9 Å². The lowest BCUT2D eigenvalue weighted by Gasteiger charge is -2.31. The van der Waals surface area contributed by atoms with Gasteiger partial charge in [-0.1, -0.05) is 81.4 Å². The van der Waals surface area contributed by atoms with Gasteiger partial charge >= 0.3 is 18.2 Å². The Morgan fingerprint density at radius 3 is 2.26 bits per heavy atom. The molecule has 0 fully saturated rings. The molecule has 4 aromatic carbocycles. The molecule has 0 saturated carbocycles. The van der Waals surface area contributed by atoms with Crippen LogP contribution >= 0.6 is 0 Å². The highest BCUT2D eigenvalue weighted by Gasteiger charge is 2.46. The zero-order valence-corrected chi connectivity index (χ0v) is 40.3. The van der Waals surface area contributed by atoms with Crippen LogP contribution in [0.5, 0.6) is 0 Å². The van der Waals surface area contributed by atoms with Crippen LogP contribution in [-0.2, 0) is 60.4 Å². The normalized spacial score (nSPS) is 17.9. The smallest absolute Gasteiger partial charge is 0.407 e. The first kappa shape index (κ1) is 47.7. The van der Waals surface area contributed by atoms with Crippen molar-refractivity contribution in [2.45, 2.75) is 103 Å². The summed E-state index contributed by atoms with van der Waals surface area (Å²) in [7, 11) is 0. The van der Waals surface area contributed by atoms with E-state index in [9.17, 15) is 33.9 Å². The highest BCUT2D eigenvalue weighted by Crippen LogP contribution is 2.47. The van der Waals surface area contributed by atoms with E-state index < -0.39 is 65.1 Å². The largest absolute Gasteiger partial charge is 0.458 e. The van der Waals surface area contributed by atoms with Gasteiger partial charge in [-0.05, 0) is 102 Å². The zero-order valence-electron chi connectivity index (χ0n) is 40.3. The molecule has 370 valence electrons. The fraction of sp³-hybridized carbons (Fsp3) is 0.327. The van der Waals surface area contributed by atoms with Crippen LogP contribution in [0.4, 0.5) is 19.7 Å². The van der Waals surface area contributed by atoms with Gasteiger partial charge in [0.2, 0.25) is 11.8 Å². The third-order valence-corrected chi connectivity index (χ3v) is 14.6. The number of nitrogens with one attached hydrogen (secondary N) is 4. The molecule has 4 heterocycles. The summed E-state index contributed by atoms with van der Waals surface area (Å²) >= 11 is 0. The van der Waals surface area contributed by atoms with Gasteiger partial charge in [-0.15, -0.1) is 0 Å². The van der Waals surface area contributed by atoms with Crippen molar-refractivity contribution in [3.8, 4) is 22.5 Å². The molecule has 4 amide bonds. The molecule has 0 bridgehead atoms. The second-order valence-electron chi connectivity index (χ2n) is 19.2. The number of carbonyl (C=O) groups excluding carboxylic acids is 5. The van der Waals surface area contributed by atoms with Crippen molar-refractivity contribution >= 4 is 46.6 Å². The number of anilines is 1. The number of hydrogen-bond acceptors (Lipinski definition) is 11. The van der Waals surface area contributed by atoms with Crippen LogP contribution in [-0.4, -0.2) is 63.3 Å². The molecule has 2 aliphatic carbocycles. The number of nitrogens with zero attached hydrogens (tertiary/aromatic N) is 2. The Morgan fingerprint density at radius 2 is 1.58 bits per heavy atom. The average Bonchev–Trinajstić information content (AvgIpc) is 3.90. The lowest BCUT2D eigenvalue weighted by atomic mass is 9.81. The van der Waals surface area contributed by atoms with Crippen molar-refractivity contribution < 1.29 is 47.7 Å². The van der Waals surface area contributed by atoms with Gasteiger partial charge in [0.15, 0.2) is 5.60 Å². The predicted octanol–water partition coefficient (Wildman–Crippen LogP) is 7.45. The number of alkyl carbamates (subject to hydrolysis) is 2. The van der Waals surface area contributed by atoms with Crippen LogP contribution in [0.1, 0.15) is 103 Å². The molecule has 4 atom stereocenters. The lowest BCUT2D eigenvalue weighted by molar-refractivity contribution is -0.172. The van der Waals surface area contributed by atoms with Crippen molar-refractivity contribution in [2.24, 2.45) is 5.92 Å². The summed E-state index contributed by atoms with van der Waals surface area (Å²) in [6.45, 7) is 8.18. The van der Waals surface area contributed by atoms with Crippen LogP contribution in [0.3, 0.4) is 0 Å². The summed E-state index contributed by atoms with van der Waals surface area (Å²) in [6, 6.07) is 23.0. The first-order chi connectivity index (χ1) is 34.6. The quantitative estimate of drug-likeness (QED) is 0.0599. The monoisotopic (exact) mass is 976 g/mol. The Labute approximate surface area is 413 Å². The number of aromatic nitrogens is 2. The van der Waals surface area contributed by atoms with E-state index in [-0.39, 0.29) is 55.7 Å². The van der Waals surface area contributed by atoms with Crippen molar-refractivity contribution in [1.82, 2.24) is 25.5 Å². The molecule has 17 heteroatoms. The summed E-state index contributed by atoms with van der Waals surface area (Å²) < 4.78 is 33.5. The fourth-order valence-electron chi connectivity index (χ4n) is 10.6. The predicted molar refractivity (Wildman–Crippen MR) is 263 cm³/mol. The number of rotatable bonds is 12. The Morgan fingerprint density at radius 1 is 0.889 bits per heavy atom. The van der Waals surface area contributed by atoms with Gasteiger partial charge in [0.25, 0.3) is 5.56 Å². The summed E-state index contributed by atoms with van der Waals surface area (Å²) in [6.07, 6.45) is -0.651. The highest BCUT2D eigenvalue weighted by molar-refractivity contribution is 5.98. The summed E-state index contributed by atoms with van der Waals surface area (Å²) in [5.74, 6) is -2.81. The van der Waals surface area contributed by atoms with Gasteiger partial charge < -0.3 is 45.2 Å². The lowest BCUT2D eigenvalue weighted by Crippen LogP contribution is -2.53. The minimum atomic E-state index is -2.03. The molecule has 2 aromatic heterocycles. The first-order valence-corrected chi connectivity index (χ1v) is 24.1. The van der Waals surface area contributed by atoms with E-state index in [1.54, 1.807) is 58.0 Å². The minimum Gasteiger partial charge on any atom is -0.458 e. The number of halogens is 1. The maximum absolute atomic E-state index is 15.4. The second kappa shape index (κ2) is 18.7. The van der Waals surface area contributed by atoms with Crippen LogP contribution < -0.4 is 26.8 Å². The van der Waals surface area contributed by atoms with E-state index in [0.29, 0.717) is 63.1 Å². The van der Waals surface area contributed by atoms with Crippen molar-refractivity contribution in [3.05, 3.63) is 151 Å². The van der Waals surface area contributed by atoms with Crippen molar-refractivity contribution in [1.29, 1.82) is 0 Å². The second-order valence-corrected chi connectivity index (χ2v) is 19.2. The number of carbonyl (C=O) groups is 5. The number of benzene rings is 4. The molecule has 2 aliphatic heterocycles. The number of esters is 1. The third-order valence-electron chi connectivity index (χ3n) is 14.6. The molecule has 0 radical (unpaired) electrons. The fourth-order valence-corrected chi connectivity index (χ4v) is 10.6. The van der Waals surface area contributed by atoms with Gasteiger partial charge in [-0.3, -0.25) is 14.4 Å². The molecule has 72 heavy (non-hydrogen) atoms. The van der Waals surface area contributed by atoms with Gasteiger partial charge in [0.05, 0.1) is 35.1 Å². The van der Waals surface area contributed by atoms with Crippen LogP contribution in [0.15, 0.2) is 89.7 Å². The van der Waals surface area contributed by atoms with Gasteiger partial charge in [0.1, 0.15) is 37.7 Å². The number of fused-ring (bicyclic) bond motifs is 8. The first-order valence-electron chi connectivity index (χ1n) is 24.1. The number of hydrogen-bond donors (Lipinski definition) is 5. The number of cyclic esters (lactones) is 1. The molecule has 5 N–H and O–H groups in total. The summed E-state index contributed by atoms with van der Waals surface area (Å²) in [5, 5.41) is 23.2. The van der Waals surface area contributed by atoms with Gasteiger partial charge in [-0.25, -0.2) is 23.8 Å². The Balaban J connectivity index is 0.760. The average molecular weight is 977 g/mol. The number of ether oxygens (including phenoxy) is 3. The SMILES string of the molecule is CC[C@@]1(O)C(=O)OCc2c1cc1n(c2=O)Cc2c-1nc1cc(F)c(C)c3c1c2[C@@H](NC(=O)OCc1ccc(NC(=O)[C@H](C)NC(=O)[C@@H](NC(=O)OCC2c4ccccc4-c4ccccc42)C(C)C)cc1)CC3. The third kappa shape index (κ3) is 8.30. The molecule has 16 nitrogen and oxygen atoms in total. The van der Waals surface area contributed by atoms with E-state index in [4.69, 9.17) is 19.2 Å². The maximum atomic E-state index is 15.4. The van der Waals surface area contributed by atoms with E-state index in [1.807, 2.05) is 48.5 Å². The molecular formula is C55H53FN6O10. The van der Waals surface area contributed by atoms with Crippen molar-refractivity contribution in [3.63, 3.8) is 0 Å². The van der Waals surface area contributed by atoms with E-state index in [1.165, 1.54) is 17.6 Å². The van der Waals surface area contributed by atoms with E-state index in [2.05, 4.69) is 21.3 Å². The zero-order chi connectivity index (χ0) is 50.7. The molecule has 0 spiro atoms. The topological polar surface area (TPSA) is 216 Å². The molecule has 0 saturated heterocycles. The molecule has 4 aliphatic rings. The highest BCUT2D eigenvalue weighted by atomic mass is 19.1. The number of pyridine rings is 2. The molecule has 0 unspecified atom stereocenters. The van der Waals surface area contributed by atoms with Crippen LogP contribution in [0, 0.1) is 18.7 Å². The number of amides is 4. The van der Waals surface area contributed by atoms with Gasteiger partial charge in [-0.2, -0.15) is 0 Å². The summed E-state index contributed by atoms with van der Waals surface area (Å²) in [4.78, 5) is 84.9. The molecular weight excluding hydrogens is 924 g/mol. The number of aliphatic hydroxyl groups is 1. The Hall–Kier alpha value is -7.92. The Bertz CT molecular complexity index is 3270. The Kier molecular flexibility index (Phi) is 12.4. The molecule has 10 rings (SSSR count). The minimum absolute atomic E-state index is 0.0250. The van der Waals surface area contributed by atoms with E-state index in [0.717, 1.165) is 27.8 Å². The maximum Gasteiger partial charge on any atom is 0.407 e. The molecule has 6 aromatic rings. The van der Waals surface area contributed by atoms with Gasteiger partial charge in [0, 0.05) is 34.2 Å². The van der Waals surface area contributed by atoms with Crippen LogP contribution in [0.25, 0.3) is 33.4 Å². The number of aryl methyl sites for hydroxylation is 1. The van der Waals surface area contributed by atoms with E-state index >= 15 is 4.39 Å². The van der Waals surface area contributed by atoms with Crippen LogP contribution in [0.2, 0.25) is 0 Å². The standard InChI is InChI=1S/C55H53FN6O10/c1-6-55(69)40-21-44-48-37(23-62(44)51(65)39(40)26-70-52(55)66)46-42(20-19-32-28(4)41(56)22-43(59-48)45(32)46)60-53(67)71-24-30-15-17-31(18-16-30)58-49(63)29(5)57-50(64)47(27(2)3)61-54(68)72-25-38-35-13-9-7-11-33(35)34-12-8-10-14-36(34)38/h7-18,21-22,27,29,38,42,47,69H,6,19-20,23-26H2,1-5H3,(H,57,64)(H,58,63)(H,60,67)(H,61,68)/t29-,42-,47-,55-/m0/s1.